The quantitative estimate of drug-likeness (QED) is 0.785. The summed E-state index contributed by atoms with van der Waals surface area (Å²) in [7, 11) is 0. The van der Waals surface area contributed by atoms with Crippen LogP contribution in [-0.4, -0.2) is 13.0 Å². The van der Waals surface area contributed by atoms with E-state index in [9.17, 15) is 13.2 Å². The lowest BCUT2D eigenvalue weighted by Crippen LogP contribution is -2.17. The Bertz CT molecular complexity index is 378. The van der Waals surface area contributed by atoms with Gasteiger partial charge in [0.15, 0.2) is 0 Å². The van der Waals surface area contributed by atoms with E-state index < -0.39 is 6.36 Å². The van der Waals surface area contributed by atoms with Crippen molar-refractivity contribution in [1.29, 1.82) is 0 Å². The van der Waals surface area contributed by atoms with Gasteiger partial charge < -0.3 is 15.2 Å². The maximum Gasteiger partial charge on any atom is 0.573 e. The highest BCUT2D eigenvalue weighted by Crippen LogP contribution is 2.35. The molecule has 3 nitrogen and oxygen atoms in total. The summed E-state index contributed by atoms with van der Waals surface area (Å²) in [6.07, 6.45) is -4.69. The molecule has 2 N–H and O–H groups in total. The number of fused-ring (bicyclic) bond motifs is 1. The fourth-order valence-electron chi connectivity index (χ4n) is 1.41. The van der Waals surface area contributed by atoms with E-state index in [0.717, 1.165) is 0 Å². The fourth-order valence-corrected chi connectivity index (χ4v) is 1.41. The zero-order valence-electron chi connectivity index (χ0n) is 7.54. The number of halogens is 3. The van der Waals surface area contributed by atoms with E-state index in [2.05, 4.69) is 4.74 Å². The molecule has 0 aliphatic carbocycles. The fraction of sp³-hybridized carbons (Fsp3) is 0.333. The molecule has 0 amide bonds. The molecule has 1 aliphatic rings. The van der Waals surface area contributed by atoms with Gasteiger partial charge in [-0.3, -0.25) is 0 Å². The average Bonchev–Trinajstić information content (AvgIpc) is 2.45. The van der Waals surface area contributed by atoms with Crippen LogP contribution in [-0.2, 0) is 0 Å². The van der Waals surface area contributed by atoms with Crippen molar-refractivity contribution >= 4 is 0 Å². The normalized spacial score (nSPS) is 19.6. The highest BCUT2D eigenvalue weighted by molar-refractivity contribution is 5.44. The molecule has 0 unspecified atom stereocenters. The first kappa shape index (κ1) is 10.1. The number of nitrogens with two attached hydrogens (primary N) is 1. The first-order chi connectivity index (χ1) is 6.96. The van der Waals surface area contributed by atoms with Gasteiger partial charge >= 0.3 is 6.36 Å². The Hall–Kier alpha value is -1.43. The van der Waals surface area contributed by atoms with Crippen LogP contribution >= 0.6 is 0 Å². The largest absolute Gasteiger partial charge is 0.573 e. The van der Waals surface area contributed by atoms with Crippen LogP contribution in [0.15, 0.2) is 18.2 Å². The Balaban J connectivity index is 2.24. The van der Waals surface area contributed by atoms with Crippen LogP contribution in [0.2, 0.25) is 0 Å². The van der Waals surface area contributed by atoms with E-state index in [1.165, 1.54) is 18.2 Å². The van der Waals surface area contributed by atoms with Crippen molar-refractivity contribution in [3.8, 4) is 11.5 Å². The smallest absolute Gasteiger partial charge is 0.491 e. The van der Waals surface area contributed by atoms with Gasteiger partial charge in [0, 0.05) is 11.6 Å². The van der Waals surface area contributed by atoms with Gasteiger partial charge in [-0.05, 0) is 12.1 Å². The van der Waals surface area contributed by atoms with Crippen molar-refractivity contribution in [1.82, 2.24) is 0 Å². The van der Waals surface area contributed by atoms with Crippen LogP contribution in [0.1, 0.15) is 11.6 Å². The topological polar surface area (TPSA) is 44.5 Å². The van der Waals surface area contributed by atoms with E-state index in [4.69, 9.17) is 10.5 Å². The molecule has 15 heavy (non-hydrogen) atoms. The molecule has 0 saturated carbocycles. The third kappa shape index (κ3) is 2.15. The summed E-state index contributed by atoms with van der Waals surface area (Å²) in [6, 6.07) is 3.62. The van der Waals surface area contributed by atoms with Gasteiger partial charge in [-0.1, -0.05) is 0 Å². The van der Waals surface area contributed by atoms with Gasteiger partial charge in [-0.15, -0.1) is 13.2 Å². The number of hydrogen-bond donors (Lipinski definition) is 1. The van der Waals surface area contributed by atoms with Crippen molar-refractivity contribution in [2.45, 2.75) is 12.4 Å². The van der Waals surface area contributed by atoms with Crippen molar-refractivity contribution in [2.24, 2.45) is 5.73 Å². The van der Waals surface area contributed by atoms with Gasteiger partial charge in [0.05, 0.1) is 6.04 Å². The molecular formula is C9H8F3NO2. The third-order valence-corrected chi connectivity index (χ3v) is 2.04. The van der Waals surface area contributed by atoms with Crippen LogP contribution < -0.4 is 15.2 Å². The molecule has 0 radical (unpaired) electrons. The Morgan fingerprint density at radius 2 is 2.13 bits per heavy atom. The van der Waals surface area contributed by atoms with Crippen LogP contribution in [0.4, 0.5) is 13.2 Å². The zero-order valence-corrected chi connectivity index (χ0v) is 7.54. The summed E-state index contributed by atoms with van der Waals surface area (Å²) >= 11 is 0. The zero-order chi connectivity index (χ0) is 11.1. The number of alkyl halides is 3. The molecule has 82 valence electrons. The van der Waals surface area contributed by atoms with Crippen LogP contribution in [0.3, 0.4) is 0 Å². The molecule has 1 atom stereocenters. The summed E-state index contributed by atoms with van der Waals surface area (Å²) in [5.41, 5.74) is 6.33. The lowest BCUT2D eigenvalue weighted by atomic mass is 10.1. The lowest BCUT2D eigenvalue weighted by Gasteiger charge is -2.09. The molecule has 6 heteroatoms. The van der Waals surface area contributed by atoms with Gasteiger partial charge in [-0.25, -0.2) is 0 Å². The number of ether oxygens (including phenoxy) is 2. The Morgan fingerprint density at radius 1 is 1.40 bits per heavy atom. The SMILES string of the molecule is N[C@@H]1COc2cc(OC(F)(F)F)ccc21. The minimum atomic E-state index is -4.69. The van der Waals surface area contributed by atoms with Gasteiger partial charge in [0.2, 0.25) is 0 Å². The number of benzene rings is 1. The van der Waals surface area contributed by atoms with E-state index in [-0.39, 0.29) is 18.4 Å². The lowest BCUT2D eigenvalue weighted by molar-refractivity contribution is -0.274. The molecule has 1 aromatic rings. The summed E-state index contributed by atoms with van der Waals surface area (Å²) in [5.74, 6) is 0.0552. The number of hydrogen-bond acceptors (Lipinski definition) is 3. The molecule has 0 fully saturated rings. The van der Waals surface area contributed by atoms with Crippen molar-refractivity contribution < 1.29 is 22.6 Å². The second-order valence-electron chi connectivity index (χ2n) is 3.16. The van der Waals surface area contributed by atoms with E-state index in [0.29, 0.717) is 11.3 Å². The van der Waals surface area contributed by atoms with Crippen LogP contribution in [0.25, 0.3) is 0 Å². The molecule has 1 heterocycles. The minimum absolute atomic E-state index is 0.278. The Kier molecular flexibility index (Phi) is 2.22. The predicted octanol–water partition coefficient (Wildman–Crippen LogP) is 1.98. The molecule has 1 aromatic carbocycles. The van der Waals surface area contributed by atoms with Crippen molar-refractivity contribution in [3.63, 3.8) is 0 Å². The molecule has 0 spiro atoms. The van der Waals surface area contributed by atoms with Gasteiger partial charge in [0.25, 0.3) is 0 Å². The standard InChI is InChI=1S/C9H8F3NO2/c10-9(11,12)15-5-1-2-6-7(13)4-14-8(6)3-5/h1-3,7H,4,13H2/t7-/m1/s1. The monoisotopic (exact) mass is 219 g/mol. The highest BCUT2D eigenvalue weighted by Gasteiger charge is 2.32. The van der Waals surface area contributed by atoms with Crippen molar-refractivity contribution in [3.05, 3.63) is 23.8 Å². The summed E-state index contributed by atoms with van der Waals surface area (Å²) < 4.78 is 44.5. The van der Waals surface area contributed by atoms with Crippen LogP contribution in [0.5, 0.6) is 11.5 Å². The van der Waals surface area contributed by atoms with Crippen LogP contribution in [0, 0.1) is 0 Å². The summed E-state index contributed by atoms with van der Waals surface area (Å²) in [6.45, 7) is 0.283. The Labute approximate surface area is 83.6 Å². The van der Waals surface area contributed by atoms with Gasteiger partial charge in [-0.2, -0.15) is 0 Å². The second kappa shape index (κ2) is 3.30. The predicted molar refractivity (Wildman–Crippen MR) is 45.5 cm³/mol. The highest BCUT2D eigenvalue weighted by atomic mass is 19.4. The maximum absolute atomic E-state index is 11.9. The first-order valence-corrected chi connectivity index (χ1v) is 4.24. The molecule has 0 aromatic heterocycles. The average molecular weight is 219 g/mol. The number of rotatable bonds is 1. The first-order valence-electron chi connectivity index (χ1n) is 4.24. The summed E-state index contributed by atoms with van der Waals surface area (Å²) in [5, 5.41) is 0. The van der Waals surface area contributed by atoms with E-state index in [1.807, 2.05) is 0 Å². The molecule has 2 rings (SSSR count). The molecular weight excluding hydrogens is 211 g/mol. The van der Waals surface area contributed by atoms with E-state index in [1.54, 1.807) is 0 Å². The van der Waals surface area contributed by atoms with Crippen molar-refractivity contribution in [2.75, 3.05) is 6.61 Å². The summed E-state index contributed by atoms with van der Waals surface area (Å²) in [4.78, 5) is 0. The van der Waals surface area contributed by atoms with E-state index >= 15 is 0 Å². The third-order valence-electron chi connectivity index (χ3n) is 2.04. The Morgan fingerprint density at radius 3 is 2.80 bits per heavy atom. The van der Waals surface area contributed by atoms with Gasteiger partial charge in [0.1, 0.15) is 18.1 Å². The minimum Gasteiger partial charge on any atom is -0.491 e. The second-order valence-corrected chi connectivity index (χ2v) is 3.16. The molecule has 1 aliphatic heterocycles. The molecule has 0 bridgehead atoms. The molecule has 0 saturated heterocycles. The maximum atomic E-state index is 11.9.